The summed E-state index contributed by atoms with van der Waals surface area (Å²) in [5.41, 5.74) is 2.67. The second-order valence-electron chi connectivity index (χ2n) is 7.49. The molecule has 7 heteroatoms. The van der Waals surface area contributed by atoms with Crippen molar-refractivity contribution in [2.75, 3.05) is 5.32 Å². The molecule has 1 aliphatic carbocycles. The number of carbonyl (C=O) groups is 1. The average molecular weight is 392 g/mol. The molecule has 2 aliphatic rings. The normalized spacial score (nSPS) is 20.9. The molecular weight excluding hydrogens is 374 g/mol. The molecule has 5 rings (SSSR count). The van der Waals surface area contributed by atoms with Crippen LogP contribution >= 0.6 is 0 Å². The molecule has 0 saturated heterocycles. The highest BCUT2D eigenvalue weighted by atomic mass is 19.1. The van der Waals surface area contributed by atoms with Gasteiger partial charge < -0.3 is 5.32 Å². The summed E-state index contributed by atoms with van der Waals surface area (Å²) in [5.74, 6) is -0.413. The Kier molecular flexibility index (Phi) is 4.04. The van der Waals surface area contributed by atoms with Crippen molar-refractivity contribution in [1.29, 1.82) is 0 Å². The quantitative estimate of drug-likeness (QED) is 0.707. The van der Waals surface area contributed by atoms with Crippen LogP contribution in [0, 0.1) is 18.6 Å². The van der Waals surface area contributed by atoms with Crippen molar-refractivity contribution in [3.8, 4) is 0 Å². The van der Waals surface area contributed by atoms with Crippen LogP contribution in [0.3, 0.4) is 0 Å². The van der Waals surface area contributed by atoms with Crippen LogP contribution in [0.4, 0.5) is 14.7 Å². The zero-order valence-electron chi connectivity index (χ0n) is 15.7. The number of nitrogens with one attached hydrogen (secondary N) is 1. The molecule has 5 nitrogen and oxygen atoms in total. The standard InChI is InChI=1S/C22H18F2N4O/c1-12-25-22-26-18-9-14(13-5-3-2-4-6-13)10-19(29)20(18)21(28(22)27-12)15-7-16(23)11-17(24)8-15/h2-8,11,14,21H,9-10H2,1H3,(H,25,26,27)/t14-,21-/m0/s1. The monoisotopic (exact) mass is 392 g/mol. The summed E-state index contributed by atoms with van der Waals surface area (Å²) >= 11 is 0. The maximum Gasteiger partial charge on any atom is 0.226 e. The maximum absolute atomic E-state index is 14.0. The van der Waals surface area contributed by atoms with Gasteiger partial charge >= 0.3 is 0 Å². The summed E-state index contributed by atoms with van der Waals surface area (Å²) in [4.78, 5) is 17.6. The lowest BCUT2D eigenvalue weighted by Gasteiger charge is -2.35. The first kappa shape index (κ1) is 17.7. The molecule has 2 aromatic carbocycles. The molecule has 0 fully saturated rings. The van der Waals surface area contributed by atoms with Crippen LogP contribution < -0.4 is 5.32 Å². The summed E-state index contributed by atoms with van der Waals surface area (Å²) in [7, 11) is 0. The first-order valence-corrected chi connectivity index (χ1v) is 9.47. The number of allylic oxidation sites excluding steroid dienone is 2. The van der Waals surface area contributed by atoms with Gasteiger partial charge in [-0.3, -0.25) is 4.79 Å². The van der Waals surface area contributed by atoms with Gasteiger partial charge in [0.2, 0.25) is 5.95 Å². The number of benzene rings is 2. The van der Waals surface area contributed by atoms with E-state index in [0.717, 1.165) is 17.3 Å². The molecule has 1 aliphatic heterocycles. The van der Waals surface area contributed by atoms with Gasteiger partial charge in [0.05, 0.1) is 0 Å². The minimum atomic E-state index is -0.711. The molecular formula is C22H18F2N4O. The Morgan fingerprint density at radius 1 is 1.03 bits per heavy atom. The third-order valence-corrected chi connectivity index (χ3v) is 5.50. The van der Waals surface area contributed by atoms with Crippen LogP contribution in [0.15, 0.2) is 59.8 Å². The van der Waals surface area contributed by atoms with Gasteiger partial charge in [0.25, 0.3) is 0 Å². The number of carbonyl (C=O) groups excluding carboxylic acids is 1. The predicted octanol–water partition coefficient (Wildman–Crippen LogP) is 4.28. The average Bonchev–Trinajstić information content (AvgIpc) is 3.05. The number of aromatic nitrogens is 3. The Labute approximate surface area is 166 Å². The fourth-order valence-corrected chi connectivity index (χ4v) is 4.32. The fraction of sp³-hybridized carbons (Fsp3) is 0.227. The highest BCUT2D eigenvalue weighted by Gasteiger charge is 2.39. The Morgan fingerprint density at radius 2 is 1.76 bits per heavy atom. The van der Waals surface area contributed by atoms with Gasteiger partial charge in [-0.2, -0.15) is 10.1 Å². The molecule has 29 heavy (non-hydrogen) atoms. The maximum atomic E-state index is 14.0. The van der Waals surface area contributed by atoms with E-state index in [2.05, 4.69) is 15.4 Å². The Hall–Kier alpha value is -3.35. The molecule has 1 aromatic heterocycles. The zero-order valence-corrected chi connectivity index (χ0v) is 15.7. The Morgan fingerprint density at radius 3 is 2.48 bits per heavy atom. The van der Waals surface area contributed by atoms with Gasteiger partial charge in [-0.25, -0.2) is 13.5 Å². The number of hydrogen-bond donors (Lipinski definition) is 1. The SMILES string of the molecule is Cc1nc2n(n1)[C@@H](c1cc(F)cc(F)c1)C1=C(C[C@H](c3ccccc3)CC1=O)N2. The van der Waals surface area contributed by atoms with E-state index < -0.39 is 17.7 Å². The van der Waals surface area contributed by atoms with Crippen molar-refractivity contribution >= 4 is 11.7 Å². The van der Waals surface area contributed by atoms with E-state index in [1.54, 1.807) is 11.6 Å². The Bertz CT molecular complexity index is 1130. The summed E-state index contributed by atoms with van der Waals surface area (Å²) in [6.45, 7) is 1.74. The Balaban J connectivity index is 1.65. The number of anilines is 1. The zero-order chi connectivity index (χ0) is 20.1. The molecule has 0 spiro atoms. The summed E-state index contributed by atoms with van der Waals surface area (Å²) in [6.07, 6.45) is 0.952. The van der Waals surface area contributed by atoms with E-state index in [1.165, 1.54) is 12.1 Å². The van der Waals surface area contributed by atoms with Crippen molar-refractivity contribution in [3.05, 3.63) is 88.4 Å². The largest absolute Gasteiger partial charge is 0.328 e. The van der Waals surface area contributed by atoms with E-state index in [1.807, 2.05) is 30.3 Å². The van der Waals surface area contributed by atoms with Gasteiger partial charge in [-0.05, 0) is 42.5 Å². The van der Waals surface area contributed by atoms with Gasteiger partial charge in [-0.15, -0.1) is 0 Å². The smallest absolute Gasteiger partial charge is 0.226 e. The van der Waals surface area contributed by atoms with Crippen LogP contribution in [0.5, 0.6) is 0 Å². The number of Topliss-reactive ketones (excluding diaryl/α,β-unsaturated/α-hetero) is 1. The molecule has 0 saturated carbocycles. The van der Waals surface area contributed by atoms with Crippen molar-refractivity contribution in [2.24, 2.45) is 0 Å². The van der Waals surface area contributed by atoms with Gasteiger partial charge in [-0.1, -0.05) is 30.3 Å². The van der Waals surface area contributed by atoms with Crippen LogP contribution in [0.2, 0.25) is 0 Å². The lowest BCUT2D eigenvalue weighted by atomic mass is 9.78. The number of ketones is 1. The van der Waals surface area contributed by atoms with Gasteiger partial charge in [0, 0.05) is 23.8 Å². The minimum absolute atomic E-state index is 0.0374. The molecule has 1 N–H and O–H groups in total. The highest BCUT2D eigenvalue weighted by molar-refractivity contribution is 6.00. The van der Waals surface area contributed by atoms with Crippen LogP contribution in [-0.2, 0) is 4.79 Å². The van der Waals surface area contributed by atoms with Crippen molar-refractivity contribution < 1.29 is 13.6 Å². The van der Waals surface area contributed by atoms with Gasteiger partial charge in [0.1, 0.15) is 23.5 Å². The second kappa shape index (κ2) is 6.62. The molecule has 2 heterocycles. The molecule has 3 aromatic rings. The van der Waals surface area contributed by atoms with Crippen molar-refractivity contribution in [2.45, 2.75) is 31.7 Å². The minimum Gasteiger partial charge on any atom is -0.328 e. The van der Waals surface area contributed by atoms with E-state index in [9.17, 15) is 13.6 Å². The highest BCUT2D eigenvalue weighted by Crippen LogP contribution is 2.44. The molecule has 0 bridgehead atoms. The number of fused-ring (bicyclic) bond motifs is 1. The summed E-state index contributed by atoms with van der Waals surface area (Å²) < 4.78 is 29.5. The molecule has 0 radical (unpaired) electrons. The third-order valence-electron chi connectivity index (χ3n) is 5.50. The van der Waals surface area contributed by atoms with Crippen molar-refractivity contribution in [3.63, 3.8) is 0 Å². The van der Waals surface area contributed by atoms with E-state index in [0.29, 0.717) is 35.8 Å². The topological polar surface area (TPSA) is 59.8 Å². The lowest BCUT2D eigenvalue weighted by molar-refractivity contribution is -0.116. The van der Waals surface area contributed by atoms with Gasteiger partial charge in [0.15, 0.2) is 5.78 Å². The molecule has 146 valence electrons. The number of rotatable bonds is 2. The second-order valence-corrected chi connectivity index (χ2v) is 7.49. The van der Waals surface area contributed by atoms with E-state index >= 15 is 0 Å². The third kappa shape index (κ3) is 3.03. The van der Waals surface area contributed by atoms with E-state index in [-0.39, 0.29) is 11.7 Å². The number of halogens is 2. The molecule has 0 amide bonds. The predicted molar refractivity (Wildman–Crippen MR) is 103 cm³/mol. The van der Waals surface area contributed by atoms with Crippen LogP contribution in [0.1, 0.15) is 41.8 Å². The molecule has 0 unspecified atom stereocenters. The number of aryl methyl sites for hydroxylation is 1. The molecule has 2 atom stereocenters. The van der Waals surface area contributed by atoms with Crippen LogP contribution in [-0.4, -0.2) is 20.5 Å². The van der Waals surface area contributed by atoms with Crippen molar-refractivity contribution in [1.82, 2.24) is 14.8 Å². The summed E-state index contributed by atoms with van der Waals surface area (Å²) in [5, 5.41) is 7.62. The first-order chi connectivity index (χ1) is 14.0. The summed E-state index contributed by atoms with van der Waals surface area (Å²) in [6, 6.07) is 12.5. The fourth-order valence-electron chi connectivity index (χ4n) is 4.32. The van der Waals surface area contributed by atoms with E-state index in [4.69, 9.17) is 0 Å². The van der Waals surface area contributed by atoms with Crippen LogP contribution in [0.25, 0.3) is 0 Å². The first-order valence-electron chi connectivity index (χ1n) is 9.47. The number of nitrogens with zero attached hydrogens (tertiary/aromatic N) is 3. The number of hydrogen-bond acceptors (Lipinski definition) is 4. The lowest BCUT2D eigenvalue weighted by Crippen LogP contribution is -2.33.